The minimum absolute atomic E-state index is 0.322. The molecular formula is C11H10O2S. The van der Waals surface area contributed by atoms with E-state index in [0.717, 1.165) is 28.4 Å². The smallest absolute Gasteiger partial charge is 0.151 e. The Kier molecular flexibility index (Phi) is 2.25. The van der Waals surface area contributed by atoms with E-state index in [1.54, 1.807) is 5.38 Å². The summed E-state index contributed by atoms with van der Waals surface area (Å²) in [7, 11) is 0. The molecule has 0 unspecified atom stereocenters. The molecule has 1 aromatic heterocycles. The second-order valence-electron chi connectivity index (χ2n) is 3.11. The van der Waals surface area contributed by atoms with Gasteiger partial charge in [0, 0.05) is 16.3 Å². The fraction of sp³-hybridized carbons (Fsp3) is 0.182. The van der Waals surface area contributed by atoms with E-state index < -0.39 is 0 Å². The van der Waals surface area contributed by atoms with E-state index in [1.807, 2.05) is 19.1 Å². The molecule has 0 saturated carbocycles. The van der Waals surface area contributed by atoms with E-state index in [1.165, 1.54) is 11.3 Å². The van der Waals surface area contributed by atoms with Crippen LogP contribution in [0.3, 0.4) is 0 Å². The van der Waals surface area contributed by atoms with Crippen LogP contribution in [0.2, 0.25) is 0 Å². The van der Waals surface area contributed by atoms with E-state index in [-0.39, 0.29) is 0 Å². The molecular weight excluding hydrogens is 196 g/mol. The molecule has 0 aliphatic carbocycles. The summed E-state index contributed by atoms with van der Waals surface area (Å²) in [5, 5.41) is 12.5. The van der Waals surface area contributed by atoms with Crippen molar-refractivity contribution in [2.75, 3.05) is 0 Å². The molecule has 72 valence electrons. The number of hydrogen-bond acceptors (Lipinski definition) is 3. The van der Waals surface area contributed by atoms with Crippen molar-refractivity contribution in [3.63, 3.8) is 0 Å². The maximum atomic E-state index is 10.7. The van der Waals surface area contributed by atoms with Crippen LogP contribution in [0.15, 0.2) is 17.5 Å². The first-order valence-electron chi connectivity index (χ1n) is 4.45. The first kappa shape index (κ1) is 9.21. The number of rotatable bonds is 2. The van der Waals surface area contributed by atoms with Crippen LogP contribution in [0.4, 0.5) is 0 Å². The lowest BCUT2D eigenvalue weighted by atomic mass is 10.1. The minimum atomic E-state index is 0.322. The first-order valence-corrected chi connectivity index (χ1v) is 5.33. The fourth-order valence-corrected chi connectivity index (χ4v) is 2.50. The summed E-state index contributed by atoms with van der Waals surface area (Å²) in [5.41, 5.74) is 1.58. The van der Waals surface area contributed by atoms with E-state index >= 15 is 0 Å². The van der Waals surface area contributed by atoms with Gasteiger partial charge in [-0.3, -0.25) is 4.79 Å². The largest absolute Gasteiger partial charge is 0.506 e. The van der Waals surface area contributed by atoms with Crippen LogP contribution in [-0.2, 0) is 6.42 Å². The van der Waals surface area contributed by atoms with Crippen LogP contribution in [-0.4, -0.2) is 11.4 Å². The Labute approximate surface area is 85.8 Å². The summed E-state index contributed by atoms with van der Waals surface area (Å²) >= 11 is 1.41. The van der Waals surface area contributed by atoms with Gasteiger partial charge in [-0.05, 0) is 12.0 Å². The van der Waals surface area contributed by atoms with E-state index in [0.29, 0.717) is 11.3 Å². The predicted octanol–water partition coefficient (Wildman–Crippen LogP) is 2.98. The summed E-state index contributed by atoms with van der Waals surface area (Å²) in [6.07, 6.45) is 1.62. The summed E-state index contributed by atoms with van der Waals surface area (Å²) in [4.78, 5) is 10.7. The van der Waals surface area contributed by atoms with Gasteiger partial charge in [0.15, 0.2) is 6.29 Å². The van der Waals surface area contributed by atoms with Gasteiger partial charge in [0.25, 0.3) is 0 Å². The molecule has 1 aromatic carbocycles. The van der Waals surface area contributed by atoms with Gasteiger partial charge >= 0.3 is 0 Å². The number of aromatic hydroxyl groups is 1. The molecule has 0 saturated heterocycles. The van der Waals surface area contributed by atoms with Crippen LogP contribution in [0.25, 0.3) is 10.1 Å². The highest BCUT2D eigenvalue weighted by Crippen LogP contribution is 2.35. The van der Waals surface area contributed by atoms with Gasteiger partial charge in [-0.1, -0.05) is 19.1 Å². The number of benzene rings is 1. The van der Waals surface area contributed by atoms with E-state index in [2.05, 4.69) is 0 Å². The Hall–Kier alpha value is -1.35. The van der Waals surface area contributed by atoms with Crippen molar-refractivity contribution in [2.45, 2.75) is 13.3 Å². The number of carbonyl (C=O) groups is 1. The molecule has 0 atom stereocenters. The number of fused-ring (bicyclic) bond motifs is 1. The van der Waals surface area contributed by atoms with Gasteiger partial charge in [-0.25, -0.2) is 0 Å². The first-order chi connectivity index (χ1) is 6.77. The summed E-state index contributed by atoms with van der Waals surface area (Å²) < 4.78 is 0.812. The molecule has 1 heterocycles. The van der Waals surface area contributed by atoms with Gasteiger partial charge in [0.05, 0.1) is 4.70 Å². The van der Waals surface area contributed by atoms with Crippen molar-refractivity contribution in [1.29, 1.82) is 0 Å². The summed E-state index contributed by atoms with van der Waals surface area (Å²) in [5.74, 6) is 0.322. The van der Waals surface area contributed by atoms with Crippen molar-refractivity contribution >= 4 is 27.7 Å². The van der Waals surface area contributed by atoms with Crippen LogP contribution in [0.1, 0.15) is 22.8 Å². The standard InChI is InChI=1S/C11H10O2S/c1-2-7-3-4-9-8(5-12)6-14-11(9)10(7)13/h3-6,13H,2H2,1H3. The lowest BCUT2D eigenvalue weighted by Gasteiger charge is -2.01. The second-order valence-corrected chi connectivity index (χ2v) is 3.99. The van der Waals surface area contributed by atoms with Gasteiger partial charge in [-0.2, -0.15) is 0 Å². The Morgan fingerprint density at radius 1 is 1.50 bits per heavy atom. The molecule has 0 spiro atoms. The lowest BCUT2D eigenvalue weighted by Crippen LogP contribution is -1.82. The molecule has 0 fully saturated rings. The van der Waals surface area contributed by atoms with E-state index in [4.69, 9.17) is 0 Å². The fourth-order valence-electron chi connectivity index (χ4n) is 1.52. The van der Waals surface area contributed by atoms with Crippen molar-refractivity contribution in [2.24, 2.45) is 0 Å². The Morgan fingerprint density at radius 2 is 2.29 bits per heavy atom. The van der Waals surface area contributed by atoms with Crippen molar-refractivity contribution in [3.05, 3.63) is 28.6 Å². The van der Waals surface area contributed by atoms with Gasteiger partial charge in [-0.15, -0.1) is 11.3 Å². The van der Waals surface area contributed by atoms with Crippen LogP contribution < -0.4 is 0 Å². The van der Waals surface area contributed by atoms with Gasteiger partial charge < -0.3 is 5.11 Å². The molecule has 2 rings (SSSR count). The molecule has 0 bridgehead atoms. The highest BCUT2D eigenvalue weighted by atomic mass is 32.1. The number of thiophene rings is 1. The van der Waals surface area contributed by atoms with Crippen molar-refractivity contribution < 1.29 is 9.90 Å². The Balaban J connectivity index is 2.78. The second kappa shape index (κ2) is 3.42. The van der Waals surface area contributed by atoms with Crippen LogP contribution in [0, 0.1) is 0 Å². The maximum absolute atomic E-state index is 10.7. The topological polar surface area (TPSA) is 37.3 Å². The molecule has 0 amide bonds. The number of phenols is 1. The monoisotopic (exact) mass is 206 g/mol. The number of phenolic OH excluding ortho intramolecular Hbond substituents is 1. The zero-order valence-corrected chi connectivity index (χ0v) is 8.60. The van der Waals surface area contributed by atoms with Crippen LogP contribution >= 0.6 is 11.3 Å². The maximum Gasteiger partial charge on any atom is 0.151 e. The molecule has 2 aromatic rings. The number of aldehydes is 1. The molecule has 0 radical (unpaired) electrons. The Bertz CT molecular complexity index is 485. The molecule has 2 nitrogen and oxygen atoms in total. The third kappa shape index (κ3) is 1.21. The van der Waals surface area contributed by atoms with Crippen LogP contribution in [0.5, 0.6) is 5.75 Å². The third-order valence-corrected chi connectivity index (χ3v) is 3.36. The van der Waals surface area contributed by atoms with Gasteiger partial charge in [0.1, 0.15) is 5.75 Å². The SMILES string of the molecule is CCc1ccc2c(C=O)csc2c1O. The molecule has 0 aliphatic heterocycles. The number of aryl methyl sites for hydroxylation is 1. The number of hydrogen-bond donors (Lipinski definition) is 1. The lowest BCUT2D eigenvalue weighted by molar-refractivity contribution is 0.112. The summed E-state index contributed by atoms with van der Waals surface area (Å²) in [6.45, 7) is 2.00. The van der Waals surface area contributed by atoms with E-state index in [9.17, 15) is 9.90 Å². The molecule has 1 N–H and O–H groups in total. The zero-order chi connectivity index (χ0) is 10.1. The average Bonchev–Trinajstić information content (AvgIpc) is 2.62. The molecule has 14 heavy (non-hydrogen) atoms. The molecule has 0 aliphatic rings. The predicted molar refractivity (Wildman–Crippen MR) is 58.3 cm³/mol. The summed E-state index contributed by atoms with van der Waals surface area (Å²) in [6, 6.07) is 3.77. The quantitative estimate of drug-likeness (QED) is 0.767. The van der Waals surface area contributed by atoms with Crippen molar-refractivity contribution in [1.82, 2.24) is 0 Å². The normalized spacial score (nSPS) is 10.6. The highest BCUT2D eigenvalue weighted by Gasteiger charge is 2.09. The minimum Gasteiger partial charge on any atom is -0.506 e. The van der Waals surface area contributed by atoms with Crippen molar-refractivity contribution in [3.8, 4) is 5.75 Å². The van der Waals surface area contributed by atoms with Gasteiger partial charge in [0.2, 0.25) is 0 Å². The average molecular weight is 206 g/mol. The highest BCUT2D eigenvalue weighted by molar-refractivity contribution is 7.18. The number of carbonyl (C=O) groups excluding carboxylic acids is 1. The third-order valence-electron chi connectivity index (χ3n) is 2.34. The zero-order valence-electron chi connectivity index (χ0n) is 7.78. The Morgan fingerprint density at radius 3 is 2.93 bits per heavy atom. The molecule has 3 heteroatoms.